The maximum atomic E-state index is 13.2. The van der Waals surface area contributed by atoms with Crippen LogP contribution in [0.1, 0.15) is 115 Å². The van der Waals surface area contributed by atoms with Crippen molar-refractivity contribution in [1.82, 2.24) is 20.7 Å². The first kappa shape index (κ1) is 47.6. The van der Waals surface area contributed by atoms with E-state index in [2.05, 4.69) is 40.0 Å². The van der Waals surface area contributed by atoms with E-state index in [-0.39, 0.29) is 55.8 Å². The normalized spacial score (nSPS) is 13.3. The van der Waals surface area contributed by atoms with Gasteiger partial charge >= 0.3 is 12.1 Å². The van der Waals surface area contributed by atoms with Crippen molar-refractivity contribution in [3.8, 4) is 0 Å². The zero-order valence-electron chi connectivity index (χ0n) is 35.8. The average Bonchev–Trinajstić information content (AvgIpc) is 3.54. The first-order valence-corrected chi connectivity index (χ1v) is 21.3. The van der Waals surface area contributed by atoms with Crippen LogP contribution >= 0.6 is 0 Å². The van der Waals surface area contributed by atoms with Crippen molar-refractivity contribution < 1.29 is 43.1 Å². The monoisotopic (exact) mass is 840 g/mol. The van der Waals surface area contributed by atoms with Gasteiger partial charge in [0.15, 0.2) is 5.78 Å². The zero-order chi connectivity index (χ0) is 44.3. The molecule has 2 aromatic carbocycles. The lowest BCUT2D eigenvalue weighted by atomic mass is 9.92. The van der Waals surface area contributed by atoms with Gasteiger partial charge in [-0.25, -0.2) is 14.6 Å². The number of imide groups is 1. The lowest BCUT2D eigenvalue weighted by Crippen LogP contribution is -2.45. The number of aromatic nitrogens is 1. The molecule has 0 fully saturated rings. The number of rotatable bonds is 25. The van der Waals surface area contributed by atoms with Crippen LogP contribution in [0.3, 0.4) is 0 Å². The summed E-state index contributed by atoms with van der Waals surface area (Å²) in [7, 11) is 0. The van der Waals surface area contributed by atoms with E-state index in [1.54, 1.807) is 45.0 Å². The summed E-state index contributed by atoms with van der Waals surface area (Å²) in [6.45, 7) is 7.97. The van der Waals surface area contributed by atoms with Gasteiger partial charge in [-0.05, 0) is 91.8 Å². The molecule has 15 heteroatoms. The van der Waals surface area contributed by atoms with Crippen LogP contribution < -0.4 is 21.7 Å². The predicted octanol–water partition coefficient (Wildman–Crippen LogP) is 6.81. The van der Waals surface area contributed by atoms with Crippen molar-refractivity contribution in [2.75, 3.05) is 17.6 Å². The molecule has 328 valence electrons. The highest BCUT2D eigenvalue weighted by atomic mass is 16.7. The first-order valence-electron chi connectivity index (χ1n) is 21.3. The van der Waals surface area contributed by atoms with Gasteiger partial charge in [-0.3, -0.25) is 24.0 Å². The maximum Gasteiger partial charge on any atom is 0.407 e. The van der Waals surface area contributed by atoms with Gasteiger partial charge in [-0.15, -0.1) is 0 Å². The Labute approximate surface area is 357 Å². The number of anilines is 2. The summed E-state index contributed by atoms with van der Waals surface area (Å²) in [5.41, 5.74) is 10.8. The lowest BCUT2D eigenvalue weighted by molar-refractivity contribution is -0.196. The number of nitrogens with two attached hydrogens (primary N) is 1. The summed E-state index contributed by atoms with van der Waals surface area (Å²) in [4.78, 5) is 95.6. The van der Waals surface area contributed by atoms with Crippen molar-refractivity contribution in [3.05, 3.63) is 77.4 Å². The van der Waals surface area contributed by atoms with Gasteiger partial charge in [0, 0.05) is 55.0 Å². The number of hydroxylamine groups is 2. The smallest absolute Gasteiger partial charge is 0.407 e. The van der Waals surface area contributed by atoms with E-state index in [9.17, 15) is 33.6 Å². The molecule has 0 saturated heterocycles. The number of fused-ring (bicyclic) bond motifs is 1. The van der Waals surface area contributed by atoms with E-state index in [0.29, 0.717) is 29.5 Å². The number of hydrogen-bond acceptors (Lipinski definition) is 11. The Morgan fingerprint density at radius 3 is 2.21 bits per heavy atom. The Morgan fingerprint density at radius 1 is 0.820 bits per heavy atom. The number of aryl methyl sites for hydroxylation is 2. The number of ether oxygens (including phenoxy) is 1. The summed E-state index contributed by atoms with van der Waals surface area (Å²) < 4.78 is 5.38. The van der Waals surface area contributed by atoms with E-state index < -0.39 is 35.8 Å². The molecule has 0 saturated carbocycles. The third kappa shape index (κ3) is 15.5. The molecule has 0 spiro atoms. The number of nitrogen functional groups attached to an aromatic ring is 1. The third-order valence-corrected chi connectivity index (χ3v) is 10.4. The number of Topliss-reactive ketones (excluding diaryl/α,β-unsaturated/α-hetero) is 1. The van der Waals surface area contributed by atoms with Crippen LogP contribution in [-0.2, 0) is 57.8 Å². The van der Waals surface area contributed by atoms with Gasteiger partial charge in [0.25, 0.3) is 11.8 Å². The number of unbranched alkanes of at least 4 members (excludes halogenated alkanes) is 5. The van der Waals surface area contributed by atoms with Gasteiger partial charge in [-0.1, -0.05) is 76.3 Å². The van der Waals surface area contributed by atoms with E-state index in [1.165, 1.54) is 12.0 Å². The van der Waals surface area contributed by atoms with Crippen LogP contribution in [0.25, 0.3) is 10.9 Å². The number of carbonyl (C=O) groups is 7. The number of hydrogen-bond donors (Lipinski definition) is 4. The largest absolute Gasteiger partial charge is 0.445 e. The minimum Gasteiger partial charge on any atom is -0.445 e. The second-order valence-corrected chi connectivity index (χ2v) is 15.8. The highest BCUT2D eigenvalue weighted by Crippen LogP contribution is 2.25. The summed E-state index contributed by atoms with van der Waals surface area (Å²) >= 11 is 0. The van der Waals surface area contributed by atoms with Crippen molar-refractivity contribution in [2.24, 2.45) is 11.8 Å². The number of pyridine rings is 1. The molecule has 1 aromatic heterocycles. The molecule has 1 aliphatic heterocycles. The number of carbonyl (C=O) groups excluding carboxylic acids is 7. The highest BCUT2D eigenvalue weighted by Gasteiger charge is 2.29. The first-order chi connectivity index (χ1) is 29.2. The quantitative estimate of drug-likeness (QED) is 0.0514. The molecule has 5 amide bonds. The van der Waals surface area contributed by atoms with E-state index >= 15 is 0 Å². The van der Waals surface area contributed by atoms with Crippen LogP contribution in [0.4, 0.5) is 16.3 Å². The molecule has 0 radical (unpaired) electrons. The minimum atomic E-state index is -0.808. The van der Waals surface area contributed by atoms with Gasteiger partial charge < -0.3 is 31.3 Å². The molecule has 2 atom stereocenters. The molecular weight excluding hydrogens is 781 g/mol. The lowest BCUT2D eigenvalue weighted by Gasteiger charge is -2.23. The summed E-state index contributed by atoms with van der Waals surface area (Å²) in [6.07, 6.45) is 9.90. The average molecular weight is 841 g/mol. The van der Waals surface area contributed by atoms with E-state index in [4.69, 9.17) is 15.3 Å². The van der Waals surface area contributed by atoms with Crippen molar-refractivity contribution in [3.63, 3.8) is 0 Å². The number of alkyl carbamates (subject to hydrolysis) is 1. The van der Waals surface area contributed by atoms with Crippen LogP contribution in [0.15, 0.2) is 60.7 Å². The fourth-order valence-electron chi connectivity index (χ4n) is 6.82. The SMILES string of the molecule is CCCCCc1cc2c(CCCCCNC(=O)OCc3ccc(NC(=O)[C@H](C)CC(=O)[C@@H](NC(=O)CCCCC(=O)ON4C(=O)C=CC4=O)C(C)C)cc3)cccc2nc1N. The van der Waals surface area contributed by atoms with Crippen LogP contribution in [0.5, 0.6) is 0 Å². The molecular formula is C46H60N6O9. The molecule has 5 N–H and O–H groups in total. The number of benzene rings is 2. The van der Waals surface area contributed by atoms with Gasteiger partial charge in [0.1, 0.15) is 12.4 Å². The number of amides is 5. The minimum absolute atomic E-state index is 0.0398. The van der Waals surface area contributed by atoms with Crippen LogP contribution in [0, 0.1) is 11.8 Å². The molecule has 61 heavy (non-hydrogen) atoms. The fraction of sp³-hybridized carbons (Fsp3) is 0.478. The second kappa shape index (κ2) is 24.2. The Hall–Kier alpha value is -6.12. The van der Waals surface area contributed by atoms with Gasteiger partial charge in [-0.2, -0.15) is 0 Å². The summed E-state index contributed by atoms with van der Waals surface area (Å²) in [5.74, 6) is -3.59. The molecule has 4 rings (SSSR count). The molecule has 0 unspecified atom stereocenters. The Bertz CT molecular complexity index is 2030. The summed E-state index contributed by atoms with van der Waals surface area (Å²) in [5, 5.41) is 9.90. The number of nitrogens with zero attached hydrogens (tertiary/aromatic N) is 2. The second-order valence-electron chi connectivity index (χ2n) is 15.8. The molecule has 15 nitrogen and oxygen atoms in total. The van der Waals surface area contributed by atoms with Gasteiger partial charge in [0.2, 0.25) is 11.8 Å². The molecule has 1 aliphatic rings. The summed E-state index contributed by atoms with van der Waals surface area (Å²) in [6, 6.07) is 14.4. The fourth-order valence-corrected chi connectivity index (χ4v) is 6.82. The number of ketones is 1. The number of nitrogens with one attached hydrogen (secondary N) is 3. The Kier molecular flexibility index (Phi) is 18.9. The predicted molar refractivity (Wildman–Crippen MR) is 231 cm³/mol. The van der Waals surface area contributed by atoms with Gasteiger partial charge in [0.05, 0.1) is 11.6 Å². The van der Waals surface area contributed by atoms with Crippen molar-refractivity contribution in [1.29, 1.82) is 0 Å². The highest BCUT2D eigenvalue weighted by molar-refractivity contribution is 6.12. The van der Waals surface area contributed by atoms with Crippen molar-refractivity contribution >= 4 is 63.9 Å². The van der Waals surface area contributed by atoms with Crippen molar-refractivity contribution in [2.45, 2.75) is 124 Å². The Balaban J connectivity index is 1.09. The third-order valence-electron chi connectivity index (χ3n) is 10.4. The van der Waals surface area contributed by atoms with E-state index in [1.807, 2.05) is 12.1 Å². The maximum absolute atomic E-state index is 13.2. The molecule has 0 bridgehead atoms. The zero-order valence-corrected chi connectivity index (χ0v) is 35.8. The van der Waals surface area contributed by atoms with Crippen LogP contribution in [-0.4, -0.2) is 64.1 Å². The standard InChI is InChI=1S/C46H60N6O9/c1-5-6-8-15-34-28-36-33(16-13-17-37(36)50-44(34)47)14-9-7-12-26-48-46(59)60-29-32-20-22-35(23-21-32)49-45(58)31(4)27-38(53)43(30(2)3)51-39(54)18-10-11-19-42(57)61-52-40(55)24-25-41(52)56/h13,16-17,20-25,28,30-31,43H,5-12,14-15,18-19,26-27,29H2,1-4H3,(H2,47,50)(H,48,59)(H,49,58)(H,51,54)/t31-,43+/m1/s1. The Morgan fingerprint density at radius 2 is 1.51 bits per heavy atom. The topological polar surface area (TPSA) is 216 Å². The molecule has 2 heterocycles. The molecule has 0 aliphatic carbocycles. The molecule has 3 aromatic rings. The van der Waals surface area contributed by atoms with E-state index in [0.717, 1.165) is 79.1 Å². The van der Waals surface area contributed by atoms with Crippen LogP contribution in [0.2, 0.25) is 0 Å².